The highest BCUT2D eigenvalue weighted by atomic mass is 16.5. The van der Waals surface area contributed by atoms with Crippen molar-refractivity contribution in [3.05, 3.63) is 11.8 Å². The third-order valence-corrected chi connectivity index (χ3v) is 3.80. The topological polar surface area (TPSA) is 84.1 Å². The van der Waals surface area contributed by atoms with Gasteiger partial charge in [0.15, 0.2) is 5.82 Å². The molecule has 1 aromatic heterocycles. The summed E-state index contributed by atoms with van der Waals surface area (Å²) < 4.78 is 4.83. The highest BCUT2D eigenvalue weighted by molar-refractivity contribution is 5.95. The minimum Gasteiger partial charge on any atom is -0.461 e. The van der Waals surface area contributed by atoms with Gasteiger partial charge in [0.05, 0.1) is 6.61 Å². The van der Waals surface area contributed by atoms with E-state index in [1.54, 1.807) is 6.92 Å². The van der Waals surface area contributed by atoms with Gasteiger partial charge in [0, 0.05) is 12.0 Å². The maximum Gasteiger partial charge on any atom is 0.356 e. The van der Waals surface area contributed by atoms with Crippen LogP contribution in [0, 0.1) is 11.3 Å². The number of hydrogen-bond acceptors (Lipinski definition) is 4. The van der Waals surface area contributed by atoms with Crippen LogP contribution in [0.2, 0.25) is 0 Å². The van der Waals surface area contributed by atoms with Crippen molar-refractivity contribution >= 4 is 17.7 Å². The Bertz CT molecular complexity index is 497. The van der Waals surface area contributed by atoms with Gasteiger partial charge in [-0.2, -0.15) is 5.10 Å². The predicted molar refractivity (Wildman–Crippen MR) is 69.7 cm³/mol. The van der Waals surface area contributed by atoms with Crippen LogP contribution in [0.25, 0.3) is 0 Å². The molecular formula is C13H19N3O3. The number of anilines is 1. The summed E-state index contributed by atoms with van der Waals surface area (Å²) >= 11 is 0. The van der Waals surface area contributed by atoms with Gasteiger partial charge in [-0.15, -0.1) is 0 Å². The van der Waals surface area contributed by atoms with E-state index >= 15 is 0 Å². The van der Waals surface area contributed by atoms with Crippen molar-refractivity contribution in [3.8, 4) is 0 Å². The maximum absolute atomic E-state index is 12.0. The number of nitrogens with one attached hydrogen (secondary N) is 2. The first-order valence-corrected chi connectivity index (χ1v) is 6.53. The minimum absolute atomic E-state index is 0.0359. The van der Waals surface area contributed by atoms with E-state index < -0.39 is 5.97 Å². The normalized spacial score (nSPS) is 24.9. The molecule has 1 heterocycles. The van der Waals surface area contributed by atoms with Crippen molar-refractivity contribution in [1.82, 2.24) is 10.2 Å². The van der Waals surface area contributed by atoms with Gasteiger partial charge >= 0.3 is 5.97 Å². The summed E-state index contributed by atoms with van der Waals surface area (Å²) in [5.41, 5.74) is 0.357. The second kappa shape index (κ2) is 5.03. The molecular weight excluding hydrogens is 246 g/mol. The zero-order valence-electron chi connectivity index (χ0n) is 11.4. The number of carbonyl (C=O) groups excluding carboxylic acids is 2. The van der Waals surface area contributed by atoms with Crippen LogP contribution in [-0.2, 0) is 9.53 Å². The average molecular weight is 265 g/mol. The highest BCUT2D eigenvalue weighted by Gasteiger charge is 2.52. The van der Waals surface area contributed by atoms with Gasteiger partial charge in [0.1, 0.15) is 5.69 Å². The molecule has 2 N–H and O–H groups in total. The number of aromatic amines is 1. The van der Waals surface area contributed by atoms with Crippen LogP contribution in [0.1, 0.15) is 44.1 Å². The number of hydrogen-bond donors (Lipinski definition) is 2. The average Bonchev–Trinajstić information content (AvgIpc) is 2.85. The Hall–Kier alpha value is -1.85. The van der Waals surface area contributed by atoms with Crippen LogP contribution in [0.15, 0.2) is 6.07 Å². The van der Waals surface area contributed by atoms with Gasteiger partial charge in [-0.1, -0.05) is 13.8 Å². The Labute approximate surface area is 111 Å². The van der Waals surface area contributed by atoms with Gasteiger partial charge < -0.3 is 10.1 Å². The quantitative estimate of drug-likeness (QED) is 0.797. The Morgan fingerprint density at radius 3 is 2.89 bits per heavy atom. The van der Waals surface area contributed by atoms with E-state index in [1.807, 2.05) is 0 Å². The lowest BCUT2D eigenvalue weighted by molar-refractivity contribution is -0.118. The Morgan fingerprint density at radius 2 is 2.32 bits per heavy atom. The lowest BCUT2D eigenvalue weighted by atomic mass is 10.0. The van der Waals surface area contributed by atoms with Crippen molar-refractivity contribution in [3.63, 3.8) is 0 Å². The van der Waals surface area contributed by atoms with Crippen molar-refractivity contribution in [2.24, 2.45) is 11.3 Å². The summed E-state index contributed by atoms with van der Waals surface area (Å²) in [4.78, 5) is 23.4. The Kier molecular flexibility index (Phi) is 3.59. The second-order valence-corrected chi connectivity index (χ2v) is 5.14. The van der Waals surface area contributed by atoms with E-state index in [0.29, 0.717) is 12.4 Å². The molecule has 6 heteroatoms. The van der Waals surface area contributed by atoms with Crippen LogP contribution in [0.5, 0.6) is 0 Å². The predicted octanol–water partition coefficient (Wildman–Crippen LogP) is 1.96. The molecule has 1 aliphatic carbocycles. The molecule has 1 fully saturated rings. The fraction of sp³-hybridized carbons (Fsp3) is 0.615. The Morgan fingerprint density at radius 1 is 1.58 bits per heavy atom. The van der Waals surface area contributed by atoms with E-state index in [4.69, 9.17) is 4.74 Å². The molecule has 2 atom stereocenters. The molecule has 1 saturated carbocycles. The zero-order chi connectivity index (χ0) is 14.0. The van der Waals surface area contributed by atoms with Crippen molar-refractivity contribution in [2.45, 2.75) is 33.6 Å². The van der Waals surface area contributed by atoms with E-state index in [0.717, 1.165) is 12.8 Å². The van der Waals surface area contributed by atoms with Crippen LogP contribution in [-0.4, -0.2) is 28.7 Å². The van der Waals surface area contributed by atoms with Gasteiger partial charge in [-0.05, 0) is 25.2 Å². The number of carbonyl (C=O) groups is 2. The van der Waals surface area contributed by atoms with Gasteiger partial charge in [0.2, 0.25) is 5.91 Å². The van der Waals surface area contributed by atoms with Crippen LogP contribution >= 0.6 is 0 Å². The SMILES string of the molecule is CCOC(=O)c1cc(NC(=O)[C@@H]2C[C@]2(C)CC)n[nH]1. The first-order valence-electron chi connectivity index (χ1n) is 6.53. The molecule has 0 bridgehead atoms. The number of amides is 1. The summed E-state index contributed by atoms with van der Waals surface area (Å²) in [6.45, 7) is 6.22. The summed E-state index contributed by atoms with van der Waals surface area (Å²) in [6.07, 6.45) is 1.89. The largest absolute Gasteiger partial charge is 0.461 e. The first kappa shape index (κ1) is 13.6. The number of rotatable bonds is 5. The van der Waals surface area contributed by atoms with Crippen molar-refractivity contribution in [1.29, 1.82) is 0 Å². The molecule has 0 saturated heterocycles. The molecule has 19 heavy (non-hydrogen) atoms. The molecule has 0 aromatic carbocycles. The molecule has 6 nitrogen and oxygen atoms in total. The number of nitrogens with zero attached hydrogens (tertiary/aromatic N) is 1. The molecule has 0 spiro atoms. The third kappa shape index (κ3) is 2.77. The summed E-state index contributed by atoms with van der Waals surface area (Å²) in [7, 11) is 0. The molecule has 0 radical (unpaired) electrons. The Balaban J connectivity index is 1.94. The molecule has 1 aliphatic rings. The molecule has 0 unspecified atom stereocenters. The minimum atomic E-state index is -0.472. The monoisotopic (exact) mass is 265 g/mol. The fourth-order valence-corrected chi connectivity index (χ4v) is 2.12. The van der Waals surface area contributed by atoms with E-state index in [2.05, 4.69) is 29.4 Å². The third-order valence-electron chi connectivity index (χ3n) is 3.80. The van der Waals surface area contributed by atoms with E-state index in [-0.39, 0.29) is 22.9 Å². The standard InChI is InChI=1S/C13H19N3O3/c1-4-13(3)7-8(13)11(17)14-10-6-9(15-16-10)12(18)19-5-2/h6,8H,4-5,7H2,1-3H3,(H2,14,15,16,17)/t8-,13-/m0/s1. The van der Waals surface area contributed by atoms with Crippen LogP contribution < -0.4 is 5.32 Å². The molecule has 0 aliphatic heterocycles. The lowest BCUT2D eigenvalue weighted by Crippen LogP contribution is -2.17. The fourth-order valence-electron chi connectivity index (χ4n) is 2.12. The highest BCUT2D eigenvalue weighted by Crippen LogP contribution is 2.54. The molecule has 1 amide bonds. The summed E-state index contributed by atoms with van der Waals surface area (Å²) in [5, 5.41) is 9.16. The van der Waals surface area contributed by atoms with Crippen LogP contribution in [0.3, 0.4) is 0 Å². The van der Waals surface area contributed by atoms with Crippen molar-refractivity contribution < 1.29 is 14.3 Å². The molecule has 2 rings (SSSR count). The van der Waals surface area contributed by atoms with E-state index in [9.17, 15) is 9.59 Å². The number of H-pyrrole nitrogens is 1. The molecule has 1 aromatic rings. The van der Waals surface area contributed by atoms with Crippen molar-refractivity contribution in [2.75, 3.05) is 11.9 Å². The summed E-state index contributed by atoms with van der Waals surface area (Å²) in [5.74, 6) is -0.106. The van der Waals surface area contributed by atoms with Gasteiger partial charge in [0.25, 0.3) is 0 Å². The maximum atomic E-state index is 12.0. The first-order chi connectivity index (χ1) is 9.00. The number of ether oxygens (including phenoxy) is 1. The van der Waals surface area contributed by atoms with E-state index in [1.165, 1.54) is 6.07 Å². The summed E-state index contributed by atoms with van der Waals surface area (Å²) in [6, 6.07) is 1.49. The van der Waals surface area contributed by atoms with Gasteiger partial charge in [-0.25, -0.2) is 4.79 Å². The molecule has 104 valence electrons. The van der Waals surface area contributed by atoms with Crippen LogP contribution in [0.4, 0.5) is 5.82 Å². The lowest BCUT2D eigenvalue weighted by Gasteiger charge is -2.06. The number of aromatic nitrogens is 2. The van der Waals surface area contributed by atoms with Gasteiger partial charge in [-0.3, -0.25) is 9.89 Å². The smallest absolute Gasteiger partial charge is 0.356 e. The second-order valence-electron chi connectivity index (χ2n) is 5.14. The zero-order valence-corrected chi connectivity index (χ0v) is 11.4. The number of esters is 1.